The summed E-state index contributed by atoms with van der Waals surface area (Å²) in [5, 5.41) is 11.5. The largest absolute Gasteiger partial charge is 0.409 e. The predicted octanol–water partition coefficient (Wildman–Crippen LogP) is 1.80. The molecule has 1 aliphatic heterocycles. The molecule has 0 spiro atoms. The molecule has 5 nitrogen and oxygen atoms in total. The van der Waals surface area contributed by atoms with Crippen LogP contribution in [-0.4, -0.2) is 34.4 Å². The minimum Gasteiger partial charge on any atom is -0.409 e. The number of nitrogens with two attached hydrogens (primary N) is 1. The van der Waals surface area contributed by atoms with Crippen molar-refractivity contribution >= 4 is 11.7 Å². The minimum absolute atomic E-state index is 0.0478. The van der Waals surface area contributed by atoms with Gasteiger partial charge in [-0.25, -0.2) is 0 Å². The molecule has 1 saturated heterocycles. The zero-order valence-electron chi connectivity index (χ0n) is 11.0. The summed E-state index contributed by atoms with van der Waals surface area (Å²) in [6, 6.07) is 7.19. The summed E-state index contributed by atoms with van der Waals surface area (Å²) in [4.78, 5) is 14.3. The Labute approximate surface area is 112 Å². The zero-order chi connectivity index (χ0) is 13.8. The second-order valence-electron chi connectivity index (χ2n) is 4.77. The molecule has 0 aliphatic carbocycles. The van der Waals surface area contributed by atoms with Crippen molar-refractivity contribution in [3.63, 3.8) is 0 Å². The van der Waals surface area contributed by atoms with E-state index in [0.29, 0.717) is 17.2 Å². The van der Waals surface area contributed by atoms with Crippen molar-refractivity contribution in [1.29, 1.82) is 0 Å². The summed E-state index contributed by atoms with van der Waals surface area (Å²) < 4.78 is 0. The molecule has 1 amide bonds. The van der Waals surface area contributed by atoms with Gasteiger partial charge in [0.2, 0.25) is 0 Å². The number of oxime groups is 1. The van der Waals surface area contributed by atoms with Crippen LogP contribution >= 0.6 is 0 Å². The Morgan fingerprint density at radius 1 is 1.42 bits per heavy atom. The predicted molar refractivity (Wildman–Crippen MR) is 73.3 cm³/mol. The molecule has 3 N–H and O–H groups in total. The number of hydrogen-bond donors (Lipinski definition) is 2. The van der Waals surface area contributed by atoms with Crippen molar-refractivity contribution in [3.05, 3.63) is 35.4 Å². The number of hydrogen-bond acceptors (Lipinski definition) is 3. The highest BCUT2D eigenvalue weighted by molar-refractivity contribution is 5.99. The molecule has 5 heteroatoms. The average molecular weight is 261 g/mol. The summed E-state index contributed by atoms with van der Waals surface area (Å²) in [7, 11) is 0. The van der Waals surface area contributed by atoms with Gasteiger partial charge in [0.05, 0.1) is 0 Å². The van der Waals surface area contributed by atoms with Crippen LogP contribution in [0, 0.1) is 0 Å². The van der Waals surface area contributed by atoms with Crippen molar-refractivity contribution < 1.29 is 10.0 Å². The Hall–Kier alpha value is -2.04. The van der Waals surface area contributed by atoms with Gasteiger partial charge in [-0.2, -0.15) is 0 Å². The van der Waals surface area contributed by atoms with E-state index in [1.807, 2.05) is 4.90 Å². The highest BCUT2D eigenvalue weighted by Crippen LogP contribution is 2.22. The molecule has 1 fully saturated rings. The lowest BCUT2D eigenvalue weighted by molar-refractivity contribution is 0.0733. The number of carbonyl (C=O) groups is 1. The lowest BCUT2D eigenvalue weighted by atomic mass is 10.1. The van der Waals surface area contributed by atoms with Crippen LogP contribution in [0.5, 0.6) is 0 Å². The molecule has 0 radical (unpaired) electrons. The van der Waals surface area contributed by atoms with E-state index in [1.165, 1.54) is 0 Å². The molecule has 1 unspecified atom stereocenters. The van der Waals surface area contributed by atoms with Crippen LogP contribution in [0.25, 0.3) is 0 Å². The molecular weight excluding hydrogens is 242 g/mol. The molecule has 1 aromatic carbocycles. The summed E-state index contributed by atoms with van der Waals surface area (Å²) in [6.07, 6.45) is 3.16. The van der Waals surface area contributed by atoms with Gasteiger partial charge in [0.1, 0.15) is 0 Å². The summed E-state index contributed by atoms with van der Waals surface area (Å²) in [5.74, 6) is 0.113. The molecule has 19 heavy (non-hydrogen) atoms. The first-order valence-corrected chi connectivity index (χ1v) is 6.56. The van der Waals surface area contributed by atoms with Gasteiger partial charge >= 0.3 is 0 Å². The van der Waals surface area contributed by atoms with Gasteiger partial charge in [0.15, 0.2) is 5.84 Å². The second-order valence-corrected chi connectivity index (χ2v) is 4.77. The normalized spacial score (nSPS) is 19.7. The smallest absolute Gasteiger partial charge is 0.254 e. The number of nitrogens with zero attached hydrogens (tertiary/aromatic N) is 2. The number of amides is 1. The van der Waals surface area contributed by atoms with Crippen molar-refractivity contribution in [2.45, 2.75) is 32.2 Å². The van der Waals surface area contributed by atoms with E-state index in [9.17, 15) is 4.79 Å². The molecule has 0 aromatic heterocycles. The van der Waals surface area contributed by atoms with E-state index in [-0.39, 0.29) is 11.7 Å². The Kier molecular flexibility index (Phi) is 4.04. The van der Waals surface area contributed by atoms with E-state index >= 15 is 0 Å². The van der Waals surface area contributed by atoms with Crippen molar-refractivity contribution in [3.8, 4) is 0 Å². The molecule has 1 heterocycles. The number of likely N-dealkylation sites (tertiary alicyclic amines) is 1. The highest BCUT2D eigenvalue weighted by Gasteiger charge is 2.27. The fraction of sp³-hybridized carbons (Fsp3) is 0.429. The molecule has 2 rings (SSSR count). The second kappa shape index (κ2) is 5.73. The molecule has 1 atom stereocenters. The maximum absolute atomic E-state index is 12.4. The summed E-state index contributed by atoms with van der Waals surface area (Å²) >= 11 is 0. The molecular formula is C14H19N3O2. The van der Waals surface area contributed by atoms with Crippen LogP contribution in [0.4, 0.5) is 0 Å². The van der Waals surface area contributed by atoms with Crippen LogP contribution < -0.4 is 5.73 Å². The SMILES string of the molecule is CCC1CCCN1C(=O)c1ccc(/C(N)=N/O)cc1. The Morgan fingerprint density at radius 2 is 2.05 bits per heavy atom. The first kappa shape index (κ1) is 13.4. The van der Waals surface area contributed by atoms with Crippen molar-refractivity contribution in [2.24, 2.45) is 10.9 Å². The quantitative estimate of drug-likeness (QED) is 0.377. The van der Waals surface area contributed by atoms with Gasteiger partial charge in [-0.05, 0) is 31.4 Å². The maximum Gasteiger partial charge on any atom is 0.254 e. The molecule has 0 bridgehead atoms. The number of rotatable bonds is 3. The van der Waals surface area contributed by atoms with E-state index in [0.717, 1.165) is 25.8 Å². The minimum atomic E-state index is 0.0478. The van der Waals surface area contributed by atoms with E-state index in [1.54, 1.807) is 24.3 Å². The third kappa shape index (κ3) is 2.70. The maximum atomic E-state index is 12.4. The molecule has 102 valence electrons. The van der Waals surface area contributed by atoms with E-state index < -0.39 is 0 Å². The number of amidine groups is 1. The van der Waals surface area contributed by atoms with Gasteiger partial charge in [-0.15, -0.1) is 0 Å². The van der Waals surface area contributed by atoms with E-state index in [4.69, 9.17) is 10.9 Å². The number of benzene rings is 1. The van der Waals surface area contributed by atoms with E-state index in [2.05, 4.69) is 12.1 Å². The number of carbonyl (C=O) groups excluding carboxylic acids is 1. The molecule has 1 aromatic rings. The Morgan fingerprint density at radius 3 is 2.63 bits per heavy atom. The van der Waals surface area contributed by atoms with Crippen molar-refractivity contribution in [2.75, 3.05) is 6.54 Å². The fourth-order valence-corrected chi connectivity index (χ4v) is 2.53. The Balaban J connectivity index is 2.16. The van der Waals surface area contributed by atoms with Crippen LogP contribution in [0.1, 0.15) is 42.1 Å². The third-order valence-corrected chi connectivity index (χ3v) is 3.64. The van der Waals surface area contributed by atoms with Crippen molar-refractivity contribution in [1.82, 2.24) is 4.90 Å². The summed E-state index contributed by atoms with van der Waals surface area (Å²) in [6.45, 7) is 2.94. The third-order valence-electron chi connectivity index (χ3n) is 3.64. The van der Waals surface area contributed by atoms with Crippen LogP contribution in [-0.2, 0) is 0 Å². The van der Waals surface area contributed by atoms with Crippen LogP contribution in [0.15, 0.2) is 29.4 Å². The lowest BCUT2D eigenvalue weighted by Gasteiger charge is -2.23. The van der Waals surface area contributed by atoms with Gasteiger partial charge in [0.25, 0.3) is 5.91 Å². The Bertz CT molecular complexity index is 482. The van der Waals surface area contributed by atoms with Gasteiger partial charge in [-0.1, -0.05) is 24.2 Å². The van der Waals surface area contributed by atoms with Gasteiger partial charge < -0.3 is 15.8 Å². The van der Waals surface area contributed by atoms with Gasteiger partial charge in [0, 0.05) is 23.7 Å². The molecule has 1 aliphatic rings. The fourth-order valence-electron chi connectivity index (χ4n) is 2.53. The van der Waals surface area contributed by atoms with Crippen LogP contribution in [0.3, 0.4) is 0 Å². The topological polar surface area (TPSA) is 78.9 Å². The van der Waals surface area contributed by atoms with Gasteiger partial charge in [-0.3, -0.25) is 4.79 Å². The zero-order valence-corrected chi connectivity index (χ0v) is 11.0. The first-order chi connectivity index (χ1) is 9.17. The average Bonchev–Trinajstić information content (AvgIpc) is 2.94. The summed E-state index contributed by atoms with van der Waals surface area (Å²) in [5.41, 5.74) is 6.74. The lowest BCUT2D eigenvalue weighted by Crippen LogP contribution is -2.35. The monoisotopic (exact) mass is 261 g/mol. The van der Waals surface area contributed by atoms with Crippen LogP contribution in [0.2, 0.25) is 0 Å². The highest BCUT2D eigenvalue weighted by atomic mass is 16.4. The standard InChI is InChI=1S/C14H19N3O2/c1-2-12-4-3-9-17(12)14(18)11-7-5-10(6-8-11)13(15)16-19/h5-8,12,19H,2-4,9H2,1H3,(H2,15,16). The first-order valence-electron chi connectivity index (χ1n) is 6.56. The molecule has 0 saturated carbocycles.